The minimum atomic E-state index is -4.94. The van der Waals surface area contributed by atoms with Gasteiger partial charge in [0.05, 0.1) is 12.2 Å². The van der Waals surface area contributed by atoms with E-state index in [0.717, 1.165) is 0 Å². The third kappa shape index (κ3) is 3.09. The molecule has 0 amide bonds. The molecule has 0 saturated carbocycles. The molecule has 9 heteroatoms. The van der Waals surface area contributed by atoms with E-state index >= 15 is 0 Å². The molecule has 0 unspecified atom stereocenters. The molecule has 0 aliphatic heterocycles. The number of alkyl halides is 6. The zero-order valence-corrected chi connectivity index (χ0v) is 9.63. The van der Waals surface area contributed by atoms with Crippen LogP contribution in [-0.2, 0) is 18.9 Å². The molecule has 0 fully saturated rings. The number of aromatic nitrogens is 3. The van der Waals surface area contributed by atoms with Crippen molar-refractivity contribution < 1.29 is 26.3 Å². The van der Waals surface area contributed by atoms with E-state index in [2.05, 4.69) is 16.1 Å². The van der Waals surface area contributed by atoms with E-state index in [-0.39, 0.29) is 16.4 Å². The summed E-state index contributed by atoms with van der Waals surface area (Å²) in [4.78, 5) is 3.70. The highest BCUT2D eigenvalue weighted by atomic mass is 19.4. The van der Waals surface area contributed by atoms with Crippen LogP contribution in [0.5, 0.6) is 0 Å². The highest BCUT2D eigenvalue weighted by Crippen LogP contribution is 2.35. The van der Waals surface area contributed by atoms with Gasteiger partial charge in [-0.15, -0.1) is 0 Å². The molecule has 0 spiro atoms. The van der Waals surface area contributed by atoms with Crippen LogP contribution in [0.25, 0.3) is 0 Å². The van der Waals surface area contributed by atoms with Gasteiger partial charge in [-0.05, 0) is 6.07 Å². The Morgan fingerprint density at radius 1 is 1.10 bits per heavy atom. The molecule has 0 aliphatic carbocycles. The summed E-state index contributed by atoms with van der Waals surface area (Å²) in [6.45, 7) is -0.514. The largest absolute Gasteiger partial charge is 0.435 e. The summed E-state index contributed by atoms with van der Waals surface area (Å²) in [6.07, 6.45) is -8.67. The van der Waals surface area contributed by atoms with E-state index in [0.29, 0.717) is 0 Å². The second kappa shape index (κ2) is 4.80. The lowest BCUT2D eigenvalue weighted by atomic mass is 10.3. The van der Waals surface area contributed by atoms with E-state index in [4.69, 9.17) is 0 Å². The van der Waals surface area contributed by atoms with Crippen molar-refractivity contribution in [3.8, 4) is 0 Å². The highest BCUT2D eigenvalue weighted by Gasteiger charge is 2.41. The van der Waals surface area contributed by atoms with Crippen molar-refractivity contribution >= 4 is 0 Å². The fourth-order valence-electron chi connectivity index (χ4n) is 1.50. The van der Waals surface area contributed by atoms with Crippen molar-refractivity contribution in [3.05, 3.63) is 47.5 Å². The average molecular weight is 294 g/mol. The first-order valence-corrected chi connectivity index (χ1v) is 5.21. The molecule has 0 aromatic carbocycles. The average Bonchev–Trinajstić information content (AvgIpc) is 2.74. The van der Waals surface area contributed by atoms with Crippen molar-refractivity contribution in [1.29, 1.82) is 0 Å². The molecular weight excluding hydrogens is 288 g/mol. The maximum Gasteiger partial charge on any atom is 0.435 e. The zero-order chi connectivity index (χ0) is 15.0. The smallest absolute Gasteiger partial charge is 0.259 e. The SMILES string of the molecule is FC(F)(F)c1cc(C(F)(F)F)n(Cc2cc[c]cn2)n1. The molecule has 0 bridgehead atoms. The van der Waals surface area contributed by atoms with Gasteiger partial charge in [-0.25, -0.2) is 0 Å². The van der Waals surface area contributed by atoms with Crippen LogP contribution in [0, 0.1) is 6.07 Å². The minimum Gasteiger partial charge on any atom is -0.259 e. The summed E-state index contributed by atoms with van der Waals surface area (Å²) >= 11 is 0. The van der Waals surface area contributed by atoms with Gasteiger partial charge in [-0.3, -0.25) is 9.67 Å². The standard InChI is InChI=1S/C11H6F6N3/c12-10(13,14)8-5-9(11(15,16)17)20(19-8)6-7-3-1-2-4-18-7/h1,3-5H,6H2. The third-order valence-electron chi connectivity index (χ3n) is 2.35. The van der Waals surface area contributed by atoms with Gasteiger partial charge in [-0.1, -0.05) is 6.07 Å². The van der Waals surface area contributed by atoms with Crippen molar-refractivity contribution in [2.45, 2.75) is 18.9 Å². The Kier molecular flexibility index (Phi) is 3.45. The van der Waals surface area contributed by atoms with E-state index in [9.17, 15) is 26.3 Å². The van der Waals surface area contributed by atoms with Gasteiger partial charge in [0.2, 0.25) is 0 Å². The second-order valence-electron chi connectivity index (χ2n) is 3.82. The third-order valence-corrected chi connectivity index (χ3v) is 2.35. The topological polar surface area (TPSA) is 30.7 Å². The minimum absolute atomic E-state index is 0.0188. The van der Waals surface area contributed by atoms with Gasteiger partial charge >= 0.3 is 12.4 Å². The maximum absolute atomic E-state index is 12.7. The van der Waals surface area contributed by atoms with Crippen LogP contribution >= 0.6 is 0 Å². The van der Waals surface area contributed by atoms with E-state index < -0.39 is 30.3 Å². The Hall–Kier alpha value is -2.06. The number of nitrogens with zero attached hydrogens (tertiary/aromatic N) is 3. The molecular formula is C11H6F6N3. The highest BCUT2D eigenvalue weighted by molar-refractivity contribution is 5.17. The van der Waals surface area contributed by atoms with E-state index in [1.54, 1.807) is 0 Å². The predicted octanol–water partition coefficient (Wildman–Crippen LogP) is 3.16. The summed E-state index contributed by atoms with van der Waals surface area (Å²) in [5.74, 6) is 0. The predicted molar refractivity (Wildman–Crippen MR) is 54.4 cm³/mol. The molecule has 20 heavy (non-hydrogen) atoms. The summed E-state index contributed by atoms with van der Waals surface area (Å²) in [6, 6.07) is 5.27. The van der Waals surface area contributed by atoms with Crippen LogP contribution in [-0.4, -0.2) is 14.8 Å². The molecule has 2 aromatic rings. The molecule has 2 aromatic heterocycles. The van der Waals surface area contributed by atoms with Crippen molar-refractivity contribution in [2.75, 3.05) is 0 Å². The summed E-state index contributed by atoms with van der Waals surface area (Å²) < 4.78 is 75.7. The Bertz CT molecular complexity index is 584. The number of hydrogen-bond acceptors (Lipinski definition) is 2. The first-order valence-electron chi connectivity index (χ1n) is 5.21. The van der Waals surface area contributed by atoms with E-state index in [1.807, 2.05) is 0 Å². The lowest BCUT2D eigenvalue weighted by Gasteiger charge is -2.09. The molecule has 107 valence electrons. The van der Waals surface area contributed by atoms with Gasteiger partial charge in [-0.2, -0.15) is 31.4 Å². The van der Waals surface area contributed by atoms with Gasteiger partial charge in [0.15, 0.2) is 5.69 Å². The van der Waals surface area contributed by atoms with Gasteiger partial charge in [0.25, 0.3) is 0 Å². The monoisotopic (exact) mass is 294 g/mol. The van der Waals surface area contributed by atoms with Crippen molar-refractivity contribution in [1.82, 2.24) is 14.8 Å². The fourth-order valence-corrected chi connectivity index (χ4v) is 1.50. The second-order valence-corrected chi connectivity index (χ2v) is 3.82. The Balaban J connectivity index is 2.43. The Morgan fingerprint density at radius 2 is 1.80 bits per heavy atom. The van der Waals surface area contributed by atoms with Crippen LogP contribution in [0.15, 0.2) is 24.4 Å². The Labute approximate surface area is 108 Å². The van der Waals surface area contributed by atoms with Crippen LogP contribution in [0.3, 0.4) is 0 Å². The normalized spacial score (nSPS) is 12.7. The number of halogens is 6. The summed E-state index contributed by atoms with van der Waals surface area (Å²) in [7, 11) is 0. The zero-order valence-electron chi connectivity index (χ0n) is 9.63. The first-order chi connectivity index (χ1) is 9.18. The van der Waals surface area contributed by atoms with Crippen molar-refractivity contribution in [2.24, 2.45) is 0 Å². The number of hydrogen-bond donors (Lipinski definition) is 0. The lowest BCUT2D eigenvalue weighted by molar-refractivity contribution is -0.144. The molecule has 3 nitrogen and oxygen atoms in total. The lowest BCUT2D eigenvalue weighted by Crippen LogP contribution is -2.16. The van der Waals surface area contributed by atoms with Crippen LogP contribution < -0.4 is 0 Å². The number of rotatable bonds is 2. The van der Waals surface area contributed by atoms with Gasteiger partial charge in [0.1, 0.15) is 5.69 Å². The summed E-state index contributed by atoms with van der Waals surface area (Å²) in [5, 5.41) is 2.96. The van der Waals surface area contributed by atoms with Crippen LogP contribution in [0.4, 0.5) is 26.3 Å². The molecule has 2 rings (SSSR count). The maximum atomic E-state index is 12.7. The molecule has 0 saturated heterocycles. The van der Waals surface area contributed by atoms with Gasteiger partial charge < -0.3 is 0 Å². The summed E-state index contributed by atoms with van der Waals surface area (Å²) in [5.41, 5.74) is -2.92. The quantitative estimate of drug-likeness (QED) is 0.797. The molecule has 0 aliphatic rings. The molecule has 2 heterocycles. The molecule has 0 atom stereocenters. The fraction of sp³-hybridized carbons (Fsp3) is 0.273. The molecule has 0 N–H and O–H groups in total. The Morgan fingerprint density at radius 3 is 2.30 bits per heavy atom. The number of pyridine rings is 1. The van der Waals surface area contributed by atoms with E-state index in [1.165, 1.54) is 18.3 Å². The molecule has 1 radical (unpaired) electrons. The van der Waals surface area contributed by atoms with Gasteiger partial charge in [0, 0.05) is 18.3 Å². The first kappa shape index (κ1) is 14.4. The van der Waals surface area contributed by atoms with Crippen LogP contribution in [0.2, 0.25) is 0 Å². The van der Waals surface area contributed by atoms with Crippen molar-refractivity contribution in [3.63, 3.8) is 0 Å². The van der Waals surface area contributed by atoms with Crippen LogP contribution in [0.1, 0.15) is 17.1 Å².